The van der Waals surface area contributed by atoms with Crippen LogP contribution in [0.25, 0.3) is 11.3 Å². The van der Waals surface area contributed by atoms with E-state index in [9.17, 15) is 0 Å². The van der Waals surface area contributed by atoms with Crippen molar-refractivity contribution in [3.63, 3.8) is 0 Å². The molecule has 27 heavy (non-hydrogen) atoms. The van der Waals surface area contributed by atoms with Gasteiger partial charge in [-0.1, -0.05) is 42.1 Å². The Bertz CT molecular complexity index is 869. The minimum atomic E-state index is 0.00423. The van der Waals surface area contributed by atoms with Gasteiger partial charge in [0.2, 0.25) is 0 Å². The molecule has 3 nitrogen and oxygen atoms in total. The smallest absolute Gasteiger partial charge is 0.114 e. The molecule has 5 heteroatoms. The average Bonchev–Trinajstić information content (AvgIpc) is 3.20. The van der Waals surface area contributed by atoms with Gasteiger partial charge in [-0.15, -0.1) is 11.3 Å². The number of nitrogens with zero attached hydrogens (tertiary/aromatic N) is 2. The zero-order valence-electron chi connectivity index (χ0n) is 15.7. The predicted octanol–water partition coefficient (Wildman–Crippen LogP) is 5.53. The fraction of sp³-hybridized carbons (Fsp3) is 0.318. The number of benzene rings is 2. The minimum Gasteiger partial charge on any atom is -0.381 e. The van der Waals surface area contributed by atoms with Crippen LogP contribution in [0.4, 0.5) is 0 Å². The molecular formula is C22H24N2OS2. The first kappa shape index (κ1) is 18.7. The van der Waals surface area contributed by atoms with Gasteiger partial charge in [0.15, 0.2) is 0 Å². The number of ether oxygens (including phenoxy) is 1. The van der Waals surface area contributed by atoms with E-state index in [1.165, 1.54) is 20.4 Å². The summed E-state index contributed by atoms with van der Waals surface area (Å²) in [5.74, 6) is 0. The van der Waals surface area contributed by atoms with E-state index in [1.54, 1.807) is 23.1 Å². The molecule has 140 valence electrons. The van der Waals surface area contributed by atoms with Gasteiger partial charge >= 0.3 is 0 Å². The summed E-state index contributed by atoms with van der Waals surface area (Å²) in [6, 6.07) is 19.2. The van der Waals surface area contributed by atoms with Crippen molar-refractivity contribution in [2.24, 2.45) is 0 Å². The van der Waals surface area contributed by atoms with Gasteiger partial charge in [0.1, 0.15) is 5.01 Å². The second kappa shape index (κ2) is 8.15. The van der Waals surface area contributed by atoms with E-state index in [-0.39, 0.29) is 5.54 Å². The summed E-state index contributed by atoms with van der Waals surface area (Å²) in [5, 5.41) is 3.39. The molecule has 2 aromatic carbocycles. The molecule has 0 N–H and O–H groups in total. The van der Waals surface area contributed by atoms with Gasteiger partial charge in [-0.3, -0.25) is 4.90 Å². The molecule has 0 spiro atoms. The summed E-state index contributed by atoms with van der Waals surface area (Å²) >= 11 is 3.56. The van der Waals surface area contributed by atoms with E-state index in [4.69, 9.17) is 9.72 Å². The Morgan fingerprint density at radius 3 is 2.30 bits per heavy atom. The lowest BCUT2D eigenvalue weighted by atomic mass is 9.89. The Balaban J connectivity index is 1.54. The van der Waals surface area contributed by atoms with Crippen LogP contribution in [-0.4, -0.2) is 37.2 Å². The van der Waals surface area contributed by atoms with Crippen LogP contribution in [-0.2, 0) is 10.3 Å². The number of aromatic nitrogens is 1. The predicted molar refractivity (Wildman–Crippen MR) is 114 cm³/mol. The van der Waals surface area contributed by atoms with Crippen molar-refractivity contribution < 1.29 is 4.74 Å². The molecule has 4 rings (SSSR count). The van der Waals surface area contributed by atoms with Gasteiger partial charge in [0.25, 0.3) is 0 Å². The summed E-state index contributed by atoms with van der Waals surface area (Å²) in [6.45, 7) is 1.61. The summed E-state index contributed by atoms with van der Waals surface area (Å²) < 4.78 is 5.60. The lowest BCUT2D eigenvalue weighted by Crippen LogP contribution is -2.45. The largest absolute Gasteiger partial charge is 0.381 e. The molecular weight excluding hydrogens is 372 g/mol. The van der Waals surface area contributed by atoms with Crippen LogP contribution in [0.3, 0.4) is 0 Å². The third kappa shape index (κ3) is 3.97. The minimum absolute atomic E-state index is 0.00423. The lowest BCUT2D eigenvalue weighted by Gasteiger charge is -2.41. The number of rotatable bonds is 5. The normalized spacial score (nSPS) is 16.6. The molecule has 1 fully saturated rings. The first-order chi connectivity index (χ1) is 13.2. The van der Waals surface area contributed by atoms with E-state index < -0.39 is 0 Å². The van der Waals surface area contributed by atoms with Crippen LogP contribution in [0, 0.1) is 0 Å². The Hall–Kier alpha value is -1.66. The van der Waals surface area contributed by atoms with Crippen LogP contribution < -0.4 is 0 Å². The van der Waals surface area contributed by atoms with Crippen molar-refractivity contribution in [1.29, 1.82) is 0 Å². The Kier molecular flexibility index (Phi) is 5.64. The SMILES string of the molecule is CN(C)C1(c2nc(-c3ccc(Sc4ccccc4)cc3)cs2)CCOCC1. The topological polar surface area (TPSA) is 25.4 Å². The average molecular weight is 397 g/mol. The third-order valence-electron chi connectivity index (χ3n) is 5.21. The van der Waals surface area contributed by atoms with Crippen LogP contribution in [0.2, 0.25) is 0 Å². The van der Waals surface area contributed by atoms with E-state index in [0.717, 1.165) is 31.7 Å². The summed E-state index contributed by atoms with van der Waals surface area (Å²) in [6.07, 6.45) is 2.00. The highest BCUT2D eigenvalue weighted by Crippen LogP contribution is 2.40. The van der Waals surface area contributed by atoms with E-state index in [2.05, 4.69) is 72.9 Å². The molecule has 3 aromatic rings. The molecule has 0 atom stereocenters. The zero-order chi connectivity index (χ0) is 18.7. The van der Waals surface area contributed by atoms with Crippen molar-refractivity contribution in [3.8, 4) is 11.3 Å². The molecule has 0 radical (unpaired) electrons. The van der Waals surface area contributed by atoms with E-state index in [1.807, 2.05) is 6.07 Å². The van der Waals surface area contributed by atoms with Crippen molar-refractivity contribution in [1.82, 2.24) is 9.88 Å². The second-order valence-electron chi connectivity index (χ2n) is 7.02. The van der Waals surface area contributed by atoms with Crippen molar-refractivity contribution in [3.05, 3.63) is 65.0 Å². The summed E-state index contributed by atoms with van der Waals surface area (Å²) in [4.78, 5) is 9.85. The van der Waals surface area contributed by atoms with Crippen molar-refractivity contribution >= 4 is 23.1 Å². The van der Waals surface area contributed by atoms with Crippen molar-refractivity contribution in [2.45, 2.75) is 28.2 Å². The zero-order valence-corrected chi connectivity index (χ0v) is 17.4. The van der Waals surface area contributed by atoms with Crippen LogP contribution >= 0.6 is 23.1 Å². The molecule has 1 aromatic heterocycles. The molecule has 1 aliphatic heterocycles. The molecule has 0 amide bonds. The van der Waals surface area contributed by atoms with Crippen LogP contribution in [0.15, 0.2) is 69.8 Å². The second-order valence-corrected chi connectivity index (χ2v) is 9.02. The fourth-order valence-corrected chi connectivity index (χ4v) is 5.51. The highest BCUT2D eigenvalue weighted by molar-refractivity contribution is 7.99. The van der Waals surface area contributed by atoms with Gasteiger partial charge in [-0.25, -0.2) is 4.98 Å². The van der Waals surface area contributed by atoms with Gasteiger partial charge < -0.3 is 4.74 Å². The van der Waals surface area contributed by atoms with Crippen molar-refractivity contribution in [2.75, 3.05) is 27.3 Å². The fourth-order valence-electron chi connectivity index (χ4n) is 3.50. The molecule has 0 saturated carbocycles. The monoisotopic (exact) mass is 396 g/mol. The van der Waals surface area contributed by atoms with Gasteiger partial charge in [-0.05, 0) is 51.2 Å². The highest BCUT2D eigenvalue weighted by Gasteiger charge is 2.39. The maximum Gasteiger partial charge on any atom is 0.114 e. The molecule has 2 heterocycles. The number of hydrogen-bond donors (Lipinski definition) is 0. The molecule has 0 bridgehead atoms. The number of hydrogen-bond acceptors (Lipinski definition) is 5. The molecule has 0 unspecified atom stereocenters. The van der Waals surface area contributed by atoms with Gasteiger partial charge in [0.05, 0.1) is 11.2 Å². The van der Waals surface area contributed by atoms with E-state index >= 15 is 0 Å². The lowest BCUT2D eigenvalue weighted by molar-refractivity contribution is -0.0106. The molecule has 1 saturated heterocycles. The standard InChI is InChI=1S/C22H24N2OS2/c1-24(2)22(12-14-25-15-13-22)21-23-20(16-26-21)17-8-10-19(11-9-17)27-18-6-4-3-5-7-18/h3-11,16H,12-15H2,1-2H3. The number of thiazole rings is 1. The first-order valence-corrected chi connectivity index (χ1v) is 10.9. The van der Waals surface area contributed by atoms with Crippen LogP contribution in [0.1, 0.15) is 17.8 Å². The molecule has 0 aliphatic carbocycles. The summed E-state index contributed by atoms with van der Waals surface area (Å²) in [5.41, 5.74) is 2.25. The highest BCUT2D eigenvalue weighted by atomic mass is 32.2. The Morgan fingerprint density at radius 1 is 0.963 bits per heavy atom. The Labute approximate surface area is 169 Å². The van der Waals surface area contributed by atoms with Gasteiger partial charge in [-0.2, -0.15) is 0 Å². The Morgan fingerprint density at radius 2 is 1.63 bits per heavy atom. The van der Waals surface area contributed by atoms with Crippen LogP contribution in [0.5, 0.6) is 0 Å². The third-order valence-corrected chi connectivity index (χ3v) is 7.26. The maximum absolute atomic E-state index is 5.60. The summed E-state index contributed by atoms with van der Waals surface area (Å²) in [7, 11) is 4.31. The first-order valence-electron chi connectivity index (χ1n) is 9.22. The van der Waals surface area contributed by atoms with E-state index in [0.29, 0.717) is 0 Å². The maximum atomic E-state index is 5.60. The molecule has 1 aliphatic rings. The van der Waals surface area contributed by atoms with Gasteiger partial charge in [0, 0.05) is 33.9 Å². The quantitative estimate of drug-likeness (QED) is 0.566.